The molecule has 120 valence electrons. The minimum atomic E-state index is -0.913. The topological polar surface area (TPSA) is 94.1 Å². The molecule has 0 bridgehead atoms. The fraction of sp³-hybridized carbons (Fsp3) is 0.846. The minimum Gasteiger partial charge on any atom is -0.481 e. The van der Waals surface area contributed by atoms with Gasteiger partial charge < -0.3 is 25.4 Å². The molecule has 2 heterocycles. The van der Waals surface area contributed by atoms with E-state index < -0.39 is 5.97 Å². The van der Waals surface area contributed by atoms with Gasteiger partial charge in [0.05, 0.1) is 25.7 Å². The van der Waals surface area contributed by atoms with Crippen LogP contribution in [-0.4, -0.2) is 92.0 Å². The molecule has 2 rings (SSSR count). The van der Waals surface area contributed by atoms with E-state index in [1.54, 1.807) is 4.90 Å². The number of carbonyl (C=O) groups is 2. The summed E-state index contributed by atoms with van der Waals surface area (Å²) in [6.07, 6.45) is -0.0782. The van der Waals surface area contributed by atoms with Crippen molar-refractivity contribution in [2.24, 2.45) is 0 Å². The Bertz CT molecular complexity index is 360. The van der Waals surface area contributed by atoms with Crippen molar-refractivity contribution in [3.8, 4) is 0 Å². The van der Waals surface area contributed by atoms with E-state index in [1.807, 2.05) is 0 Å². The fourth-order valence-corrected chi connectivity index (χ4v) is 2.65. The van der Waals surface area contributed by atoms with E-state index in [-0.39, 0.29) is 25.1 Å². The van der Waals surface area contributed by atoms with Crippen LogP contribution in [0.25, 0.3) is 0 Å². The molecule has 2 aliphatic rings. The molecule has 0 aromatic heterocycles. The van der Waals surface area contributed by atoms with Crippen molar-refractivity contribution in [2.45, 2.75) is 12.5 Å². The standard InChI is InChI=1S/C13H24N4O4/c18-12(19)9-11-10-21-8-7-17(11)13(20)15-3-6-16-4-1-14-2-5-16/h11,14H,1-10H2,(H,15,20)(H,18,19). The summed E-state index contributed by atoms with van der Waals surface area (Å²) in [5.74, 6) is -0.913. The summed E-state index contributed by atoms with van der Waals surface area (Å²) >= 11 is 0. The van der Waals surface area contributed by atoms with Crippen LogP contribution >= 0.6 is 0 Å². The quantitative estimate of drug-likeness (QED) is 0.589. The van der Waals surface area contributed by atoms with Crippen LogP contribution in [0.5, 0.6) is 0 Å². The van der Waals surface area contributed by atoms with E-state index >= 15 is 0 Å². The van der Waals surface area contributed by atoms with Crippen LogP contribution in [-0.2, 0) is 9.53 Å². The normalized spacial score (nSPS) is 23.8. The lowest BCUT2D eigenvalue weighted by atomic mass is 10.1. The molecule has 21 heavy (non-hydrogen) atoms. The molecule has 0 saturated carbocycles. The van der Waals surface area contributed by atoms with Gasteiger partial charge in [-0.3, -0.25) is 9.69 Å². The largest absolute Gasteiger partial charge is 0.481 e. The molecule has 8 heteroatoms. The van der Waals surface area contributed by atoms with Gasteiger partial charge in [0.2, 0.25) is 0 Å². The smallest absolute Gasteiger partial charge is 0.317 e. The number of urea groups is 1. The van der Waals surface area contributed by atoms with Crippen LogP contribution in [0.3, 0.4) is 0 Å². The average molecular weight is 300 g/mol. The Kier molecular flexibility index (Phi) is 6.21. The maximum absolute atomic E-state index is 12.2. The zero-order valence-electron chi connectivity index (χ0n) is 12.2. The van der Waals surface area contributed by atoms with Crippen molar-refractivity contribution < 1.29 is 19.4 Å². The Labute approximate surface area is 124 Å². The molecule has 1 unspecified atom stereocenters. The Morgan fingerprint density at radius 2 is 2.05 bits per heavy atom. The second kappa shape index (κ2) is 8.16. The molecule has 2 fully saturated rings. The van der Waals surface area contributed by atoms with E-state index in [4.69, 9.17) is 9.84 Å². The lowest BCUT2D eigenvalue weighted by Crippen LogP contribution is -2.54. The SMILES string of the molecule is O=C(O)CC1COCCN1C(=O)NCCN1CCNCC1. The van der Waals surface area contributed by atoms with E-state index in [0.29, 0.717) is 19.7 Å². The van der Waals surface area contributed by atoms with Gasteiger partial charge in [0.1, 0.15) is 0 Å². The van der Waals surface area contributed by atoms with Crippen LogP contribution in [0.1, 0.15) is 6.42 Å². The summed E-state index contributed by atoms with van der Waals surface area (Å²) in [4.78, 5) is 26.9. The van der Waals surface area contributed by atoms with Crippen LogP contribution in [0, 0.1) is 0 Å². The van der Waals surface area contributed by atoms with Crippen molar-refractivity contribution in [1.82, 2.24) is 20.4 Å². The van der Waals surface area contributed by atoms with Crippen molar-refractivity contribution >= 4 is 12.0 Å². The van der Waals surface area contributed by atoms with Gasteiger partial charge in [-0.05, 0) is 0 Å². The average Bonchev–Trinajstić information content (AvgIpc) is 2.48. The maximum Gasteiger partial charge on any atom is 0.317 e. The number of morpholine rings is 1. The molecule has 0 spiro atoms. The van der Waals surface area contributed by atoms with Crippen molar-refractivity contribution in [3.05, 3.63) is 0 Å². The number of hydrogen-bond acceptors (Lipinski definition) is 5. The Morgan fingerprint density at radius 1 is 1.29 bits per heavy atom. The van der Waals surface area contributed by atoms with Crippen LogP contribution < -0.4 is 10.6 Å². The fourth-order valence-electron chi connectivity index (χ4n) is 2.65. The van der Waals surface area contributed by atoms with Gasteiger partial charge in [-0.2, -0.15) is 0 Å². The predicted molar refractivity (Wildman–Crippen MR) is 76.3 cm³/mol. The van der Waals surface area contributed by atoms with Gasteiger partial charge in [0.25, 0.3) is 0 Å². The third-order valence-electron chi connectivity index (χ3n) is 3.81. The highest BCUT2D eigenvalue weighted by Gasteiger charge is 2.28. The molecule has 0 aromatic carbocycles. The molecule has 8 nitrogen and oxygen atoms in total. The highest BCUT2D eigenvalue weighted by Crippen LogP contribution is 2.10. The molecule has 2 saturated heterocycles. The first-order chi connectivity index (χ1) is 10.2. The molecule has 1 atom stereocenters. The number of aliphatic carboxylic acids is 1. The summed E-state index contributed by atoms with van der Waals surface area (Å²) < 4.78 is 5.26. The van der Waals surface area contributed by atoms with E-state index in [9.17, 15) is 9.59 Å². The van der Waals surface area contributed by atoms with Gasteiger partial charge in [-0.15, -0.1) is 0 Å². The lowest BCUT2D eigenvalue weighted by molar-refractivity contribution is -0.139. The number of ether oxygens (including phenoxy) is 1. The third-order valence-corrected chi connectivity index (χ3v) is 3.81. The summed E-state index contributed by atoms with van der Waals surface area (Å²) in [5.41, 5.74) is 0. The Hall–Kier alpha value is -1.38. The second-order valence-corrected chi connectivity index (χ2v) is 5.34. The van der Waals surface area contributed by atoms with Gasteiger partial charge in [0, 0.05) is 45.8 Å². The number of carboxylic acid groups (broad SMARTS) is 1. The van der Waals surface area contributed by atoms with Gasteiger partial charge in [-0.25, -0.2) is 4.79 Å². The van der Waals surface area contributed by atoms with E-state index in [1.165, 1.54) is 0 Å². The second-order valence-electron chi connectivity index (χ2n) is 5.34. The van der Waals surface area contributed by atoms with Gasteiger partial charge in [0.15, 0.2) is 0 Å². The summed E-state index contributed by atoms with van der Waals surface area (Å²) in [6, 6.07) is -0.574. The van der Waals surface area contributed by atoms with E-state index in [0.717, 1.165) is 32.7 Å². The number of nitrogens with zero attached hydrogens (tertiary/aromatic N) is 2. The lowest BCUT2D eigenvalue weighted by Gasteiger charge is -2.35. The highest BCUT2D eigenvalue weighted by atomic mass is 16.5. The first-order valence-electron chi connectivity index (χ1n) is 7.44. The molecule has 3 N–H and O–H groups in total. The van der Waals surface area contributed by atoms with Crippen LogP contribution in [0.2, 0.25) is 0 Å². The first-order valence-corrected chi connectivity index (χ1v) is 7.44. The Balaban J connectivity index is 1.73. The zero-order valence-corrected chi connectivity index (χ0v) is 12.2. The van der Waals surface area contributed by atoms with Gasteiger partial charge >= 0.3 is 12.0 Å². The number of rotatable bonds is 5. The molecule has 0 aromatic rings. The molecule has 2 amide bonds. The summed E-state index contributed by atoms with van der Waals surface area (Å²) in [6.45, 7) is 6.55. The number of amides is 2. The number of nitrogens with one attached hydrogen (secondary N) is 2. The third kappa shape index (κ3) is 5.14. The van der Waals surface area contributed by atoms with Crippen LogP contribution in [0.15, 0.2) is 0 Å². The number of carbonyl (C=O) groups excluding carboxylic acids is 1. The maximum atomic E-state index is 12.2. The van der Waals surface area contributed by atoms with Crippen LogP contribution in [0.4, 0.5) is 4.79 Å². The number of carboxylic acids is 1. The molecular weight excluding hydrogens is 276 g/mol. The molecule has 0 aliphatic carbocycles. The van der Waals surface area contributed by atoms with E-state index in [2.05, 4.69) is 15.5 Å². The number of piperazine rings is 1. The monoisotopic (exact) mass is 300 g/mol. The van der Waals surface area contributed by atoms with Crippen molar-refractivity contribution in [1.29, 1.82) is 0 Å². The summed E-state index contributed by atoms with van der Waals surface area (Å²) in [5, 5.41) is 15.0. The zero-order chi connectivity index (χ0) is 15.1. The Morgan fingerprint density at radius 3 is 2.76 bits per heavy atom. The van der Waals surface area contributed by atoms with Crippen molar-refractivity contribution in [2.75, 3.05) is 59.0 Å². The molecular formula is C13H24N4O4. The predicted octanol–water partition coefficient (Wildman–Crippen LogP) is -1.22. The van der Waals surface area contributed by atoms with Crippen molar-refractivity contribution in [3.63, 3.8) is 0 Å². The summed E-state index contributed by atoms with van der Waals surface area (Å²) in [7, 11) is 0. The first kappa shape index (κ1) is 16.0. The minimum absolute atomic E-state index is 0.0782. The number of hydrogen-bond donors (Lipinski definition) is 3. The highest BCUT2D eigenvalue weighted by molar-refractivity contribution is 5.76. The van der Waals surface area contributed by atoms with Gasteiger partial charge in [-0.1, -0.05) is 0 Å². The molecule has 0 radical (unpaired) electrons. The molecule has 2 aliphatic heterocycles.